The Hall–Kier alpha value is -1.81. The molecule has 0 aliphatic heterocycles. The fourth-order valence-corrected chi connectivity index (χ4v) is 1.47. The number of ether oxygens (including phenoxy) is 1. The number of carbonyl (C=O) groups excluding carboxylic acids is 1. The molecule has 0 fully saturated rings. The highest BCUT2D eigenvalue weighted by atomic mass is 35.5. The number of carbonyl (C=O) groups is 1. The summed E-state index contributed by atoms with van der Waals surface area (Å²) in [6, 6.07) is 8.70. The van der Waals surface area contributed by atoms with Crippen LogP contribution in [-0.4, -0.2) is 12.4 Å². The van der Waals surface area contributed by atoms with Gasteiger partial charge in [0.15, 0.2) is 0 Å². The van der Waals surface area contributed by atoms with Crippen molar-refractivity contribution in [3.8, 4) is 5.75 Å². The number of hydrogen-bond donors (Lipinski definition) is 0. The van der Waals surface area contributed by atoms with Gasteiger partial charge in [0.2, 0.25) is 5.75 Å². The van der Waals surface area contributed by atoms with Crippen LogP contribution in [0.25, 0.3) is 11.0 Å². The molecule has 0 aliphatic rings. The number of fused-ring (bicyclic) bond motifs is 1. The van der Waals surface area contributed by atoms with E-state index in [1.54, 1.807) is 12.1 Å². The molecule has 1 aromatic carbocycles. The molecule has 0 aliphatic carbocycles. The molecular weight excluding hydrogens is 268 g/mol. The first-order valence-electron chi connectivity index (χ1n) is 5.91. The first-order valence-corrected chi connectivity index (χ1v) is 6.35. The van der Waals surface area contributed by atoms with Gasteiger partial charge >= 0.3 is 5.63 Å². The van der Waals surface area contributed by atoms with Gasteiger partial charge < -0.3 is 9.15 Å². The first-order chi connectivity index (χ1) is 9.21. The van der Waals surface area contributed by atoms with Gasteiger partial charge in [-0.05, 0) is 36.2 Å². The number of rotatable bonds is 4. The Morgan fingerprint density at radius 1 is 1.32 bits per heavy atom. The lowest BCUT2D eigenvalue weighted by Crippen LogP contribution is -1.97. The van der Waals surface area contributed by atoms with Crippen molar-refractivity contribution in [1.82, 2.24) is 0 Å². The van der Waals surface area contributed by atoms with Gasteiger partial charge in [0.1, 0.15) is 11.3 Å². The summed E-state index contributed by atoms with van der Waals surface area (Å²) in [5, 5.41) is 0.905. The summed E-state index contributed by atoms with van der Waals surface area (Å²) in [5.74, 6) is 0.968. The van der Waals surface area contributed by atoms with Crippen molar-refractivity contribution in [2.75, 3.05) is 6.61 Å². The molecule has 0 N–H and O–H groups in total. The summed E-state index contributed by atoms with van der Waals surface area (Å²) >= 11 is 4.32. The smallest absolute Gasteiger partial charge is 0.336 e. The van der Waals surface area contributed by atoms with Crippen LogP contribution in [-0.2, 0) is 4.79 Å². The van der Waals surface area contributed by atoms with Crippen LogP contribution in [0.2, 0.25) is 0 Å². The summed E-state index contributed by atoms with van der Waals surface area (Å²) in [6.07, 6.45) is 2.12. The van der Waals surface area contributed by atoms with Crippen LogP contribution in [0.15, 0.2) is 39.5 Å². The molecule has 0 unspecified atom stereocenters. The summed E-state index contributed by atoms with van der Waals surface area (Å²) < 4.78 is 10.6. The Kier molecular flexibility index (Phi) is 6.68. The van der Waals surface area contributed by atoms with Crippen LogP contribution in [0, 0.1) is 0 Å². The second kappa shape index (κ2) is 8.32. The van der Waals surface area contributed by atoms with Crippen molar-refractivity contribution >= 4 is 28.3 Å². The van der Waals surface area contributed by atoms with Crippen molar-refractivity contribution in [3.63, 3.8) is 0 Å². The zero-order chi connectivity index (χ0) is 14.1. The summed E-state index contributed by atoms with van der Waals surface area (Å²) in [4.78, 5) is 19.6. The third kappa shape index (κ3) is 5.14. The van der Waals surface area contributed by atoms with Gasteiger partial charge in [0, 0.05) is 17.5 Å². The minimum absolute atomic E-state index is 0.222. The van der Waals surface area contributed by atoms with Crippen LogP contribution in [0.3, 0.4) is 0 Å². The van der Waals surface area contributed by atoms with Gasteiger partial charge in [-0.2, -0.15) is 0 Å². The van der Waals surface area contributed by atoms with E-state index in [0.717, 1.165) is 24.0 Å². The van der Waals surface area contributed by atoms with E-state index < -0.39 is 0 Å². The molecule has 0 bridgehead atoms. The molecule has 0 saturated carbocycles. The number of unbranched alkanes of at least 4 members (excludes halogenated alkanes) is 1. The molecule has 102 valence electrons. The monoisotopic (exact) mass is 282 g/mol. The molecule has 1 aromatic heterocycles. The quantitative estimate of drug-likeness (QED) is 0.373. The van der Waals surface area contributed by atoms with Gasteiger partial charge in [0.25, 0.3) is 0 Å². The summed E-state index contributed by atoms with van der Waals surface area (Å²) in [6.45, 7) is 2.81. The zero-order valence-electron chi connectivity index (χ0n) is 10.6. The highest BCUT2D eigenvalue weighted by molar-refractivity contribution is 6.54. The molecule has 0 saturated heterocycles. The SMILES string of the molecule is CCCCOc1ccc2ccc(=O)oc2c1.O=CCl. The summed E-state index contributed by atoms with van der Waals surface area (Å²) in [7, 11) is 0. The molecule has 2 aromatic rings. The average Bonchev–Trinajstić information content (AvgIpc) is 2.39. The zero-order valence-corrected chi connectivity index (χ0v) is 11.4. The Bertz CT molecular complexity index is 577. The number of benzene rings is 1. The predicted molar refractivity (Wildman–Crippen MR) is 75.5 cm³/mol. The number of halogens is 1. The highest BCUT2D eigenvalue weighted by Crippen LogP contribution is 2.19. The molecule has 5 heteroatoms. The fourth-order valence-electron chi connectivity index (χ4n) is 1.47. The van der Waals surface area contributed by atoms with Crippen LogP contribution in [0.5, 0.6) is 5.75 Å². The molecule has 19 heavy (non-hydrogen) atoms. The Labute approximate surface area is 115 Å². The van der Waals surface area contributed by atoms with E-state index in [-0.39, 0.29) is 11.4 Å². The van der Waals surface area contributed by atoms with Gasteiger partial charge in [0.05, 0.1) is 6.61 Å². The normalized spacial score (nSPS) is 9.58. The molecule has 0 radical (unpaired) electrons. The van der Waals surface area contributed by atoms with Crippen molar-refractivity contribution < 1.29 is 13.9 Å². The Morgan fingerprint density at radius 2 is 2.00 bits per heavy atom. The molecular formula is C14H15ClO4. The predicted octanol–water partition coefficient (Wildman–Crippen LogP) is 3.39. The lowest BCUT2D eigenvalue weighted by atomic mass is 10.2. The standard InChI is InChI=1S/C13H14O3.CHClO/c1-2-3-8-15-11-6-4-10-5-7-13(14)16-12(10)9-11;2-1-3/h4-7,9H,2-3,8H2,1H3;1H. The van der Waals surface area contributed by atoms with Crippen molar-refractivity contribution in [2.24, 2.45) is 0 Å². The lowest BCUT2D eigenvalue weighted by Gasteiger charge is -2.05. The van der Waals surface area contributed by atoms with E-state index in [1.807, 2.05) is 12.1 Å². The van der Waals surface area contributed by atoms with E-state index in [0.29, 0.717) is 12.2 Å². The van der Waals surface area contributed by atoms with Crippen LogP contribution >= 0.6 is 11.6 Å². The minimum atomic E-state index is -0.335. The van der Waals surface area contributed by atoms with Crippen LogP contribution < -0.4 is 10.4 Å². The molecule has 2 rings (SSSR count). The largest absolute Gasteiger partial charge is 0.493 e. The lowest BCUT2D eigenvalue weighted by molar-refractivity contribution is 0.309. The second-order valence-corrected chi connectivity index (χ2v) is 3.92. The fraction of sp³-hybridized carbons (Fsp3) is 0.286. The molecule has 1 heterocycles. The first kappa shape index (κ1) is 15.2. The maximum Gasteiger partial charge on any atom is 0.336 e. The Morgan fingerprint density at radius 3 is 2.68 bits per heavy atom. The molecule has 4 nitrogen and oxygen atoms in total. The van der Waals surface area contributed by atoms with Gasteiger partial charge in [-0.3, -0.25) is 4.79 Å². The van der Waals surface area contributed by atoms with E-state index in [4.69, 9.17) is 13.9 Å². The Balaban J connectivity index is 0.000000550. The van der Waals surface area contributed by atoms with E-state index >= 15 is 0 Å². The van der Waals surface area contributed by atoms with Crippen molar-refractivity contribution in [2.45, 2.75) is 19.8 Å². The second-order valence-electron chi connectivity index (χ2n) is 3.75. The number of hydrogen-bond acceptors (Lipinski definition) is 4. The average molecular weight is 283 g/mol. The summed E-state index contributed by atoms with van der Waals surface area (Å²) in [5.41, 5.74) is 0.236. The minimum Gasteiger partial charge on any atom is -0.493 e. The van der Waals surface area contributed by atoms with E-state index in [9.17, 15) is 4.79 Å². The highest BCUT2D eigenvalue weighted by Gasteiger charge is 1.99. The van der Waals surface area contributed by atoms with E-state index in [2.05, 4.69) is 18.5 Å². The van der Waals surface area contributed by atoms with Crippen LogP contribution in [0.4, 0.5) is 0 Å². The third-order valence-corrected chi connectivity index (χ3v) is 2.36. The van der Waals surface area contributed by atoms with Crippen LogP contribution in [0.1, 0.15) is 19.8 Å². The maximum atomic E-state index is 11.0. The van der Waals surface area contributed by atoms with Crippen molar-refractivity contribution in [1.29, 1.82) is 0 Å². The molecule has 0 amide bonds. The maximum absolute atomic E-state index is 11.0. The third-order valence-electron chi connectivity index (χ3n) is 2.36. The van der Waals surface area contributed by atoms with Gasteiger partial charge in [-0.15, -0.1) is 0 Å². The van der Waals surface area contributed by atoms with Crippen molar-refractivity contribution in [3.05, 3.63) is 40.8 Å². The van der Waals surface area contributed by atoms with Gasteiger partial charge in [-0.1, -0.05) is 13.3 Å². The topological polar surface area (TPSA) is 56.5 Å². The van der Waals surface area contributed by atoms with E-state index in [1.165, 1.54) is 6.07 Å². The molecule has 0 atom stereocenters. The van der Waals surface area contributed by atoms with Gasteiger partial charge in [-0.25, -0.2) is 4.79 Å². The molecule has 0 spiro atoms.